The zero-order valence-corrected chi connectivity index (χ0v) is 11.0. The van der Waals surface area contributed by atoms with Crippen molar-refractivity contribution in [2.45, 2.75) is 0 Å². The van der Waals surface area contributed by atoms with E-state index in [2.05, 4.69) is 5.32 Å². The van der Waals surface area contributed by atoms with E-state index in [1.54, 1.807) is 25.2 Å². The highest BCUT2D eigenvalue weighted by Crippen LogP contribution is 2.35. The Kier molecular flexibility index (Phi) is 2.79. The van der Waals surface area contributed by atoms with E-state index in [9.17, 15) is 19.7 Å². The molecule has 0 heterocycles. The van der Waals surface area contributed by atoms with Crippen molar-refractivity contribution in [3.8, 4) is 0 Å². The van der Waals surface area contributed by atoms with Gasteiger partial charge in [0, 0.05) is 29.9 Å². The number of nitrogens with zero attached hydrogens (tertiary/aromatic N) is 1. The molecule has 2 aromatic carbocycles. The van der Waals surface area contributed by atoms with Crippen molar-refractivity contribution >= 4 is 22.9 Å². The molecule has 0 fully saturated rings. The first kappa shape index (κ1) is 13.0. The van der Waals surface area contributed by atoms with Gasteiger partial charge in [0.25, 0.3) is 5.69 Å². The van der Waals surface area contributed by atoms with Crippen molar-refractivity contribution in [1.82, 2.24) is 0 Å². The average Bonchev–Trinajstić information content (AvgIpc) is 2.50. The smallest absolute Gasteiger partial charge is 0.281 e. The minimum atomic E-state index is -0.642. The van der Waals surface area contributed by atoms with Crippen LogP contribution < -0.4 is 5.32 Å². The van der Waals surface area contributed by atoms with Crippen LogP contribution in [0.2, 0.25) is 0 Å². The topological polar surface area (TPSA) is 89.3 Å². The maximum absolute atomic E-state index is 12.7. The lowest BCUT2D eigenvalue weighted by molar-refractivity contribution is -0.385. The molecule has 3 rings (SSSR count). The van der Waals surface area contributed by atoms with Crippen molar-refractivity contribution in [3.63, 3.8) is 0 Å². The zero-order chi connectivity index (χ0) is 15.1. The molecule has 0 amide bonds. The quantitative estimate of drug-likeness (QED) is 0.576. The Morgan fingerprint density at radius 2 is 1.57 bits per heavy atom. The highest BCUT2D eigenvalue weighted by atomic mass is 16.6. The predicted octanol–water partition coefficient (Wildman–Crippen LogP) is 2.41. The molecule has 0 bridgehead atoms. The van der Waals surface area contributed by atoms with Crippen LogP contribution in [-0.2, 0) is 0 Å². The van der Waals surface area contributed by atoms with Crippen molar-refractivity contribution < 1.29 is 14.5 Å². The number of ketones is 2. The van der Waals surface area contributed by atoms with E-state index in [0.717, 1.165) is 0 Å². The lowest BCUT2D eigenvalue weighted by Gasteiger charge is -2.19. The average molecular weight is 282 g/mol. The number of rotatable bonds is 2. The van der Waals surface area contributed by atoms with Gasteiger partial charge in [-0.1, -0.05) is 18.2 Å². The molecule has 1 aliphatic carbocycles. The Morgan fingerprint density at radius 3 is 2.19 bits per heavy atom. The third-order valence-corrected chi connectivity index (χ3v) is 3.52. The van der Waals surface area contributed by atoms with E-state index in [4.69, 9.17) is 0 Å². The summed E-state index contributed by atoms with van der Waals surface area (Å²) in [6, 6.07) is 8.96. The number of nitrogens with one attached hydrogen (secondary N) is 1. The Hall–Kier alpha value is -3.02. The molecule has 21 heavy (non-hydrogen) atoms. The van der Waals surface area contributed by atoms with Crippen molar-refractivity contribution in [2.75, 3.05) is 12.4 Å². The first-order chi connectivity index (χ1) is 10.1. The van der Waals surface area contributed by atoms with Gasteiger partial charge < -0.3 is 5.32 Å². The molecular formula is C15H10N2O4. The van der Waals surface area contributed by atoms with Crippen molar-refractivity contribution in [3.05, 3.63) is 68.8 Å². The minimum Gasteiger partial charge on any atom is -0.388 e. The van der Waals surface area contributed by atoms with E-state index in [-0.39, 0.29) is 33.7 Å². The van der Waals surface area contributed by atoms with Gasteiger partial charge in [0.1, 0.15) is 5.56 Å². The van der Waals surface area contributed by atoms with Crippen molar-refractivity contribution in [1.29, 1.82) is 0 Å². The maximum Gasteiger partial charge on any atom is 0.281 e. The van der Waals surface area contributed by atoms with Gasteiger partial charge in [0.15, 0.2) is 5.78 Å². The lowest BCUT2D eigenvalue weighted by Crippen LogP contribution is -2.23. The molecule has 6 heteroatoms. The molecule has 1 aliphatic rings. The fourth-order valence-corrected chi connectivity index (χ4v) is 2.58. The predicted molar refractivity (Wildman–Crippen MR) is 76.0 cm³/mol. The van der Waals surface area contributed by atoms with Crippen LogP contribution in [0.4, 0.5) is 11.4 Å². The van der Waals surface area contributed by atoms with Gasteiger partial charge in [-0.2, -0.15) is 0 Å². The van der Waals surface area contributed by atoms with Crippen LogP contribution in [0.1, 0.15) is 31.8 Å². The largest absolute Gasteiger partial charge is 0.388 e. The molecule has 6 nitrogen and oxygen atoms in total. The van der Waals surface area contributed by atoms with Gasteiger partial charge in [0.05, 0.1) is 10.5 Å². The Labute approximate surface area is 119 Å². The standard InChI is InChI=1S/C15H10N2O4/c1-16-10-6-2-4-8-12(10)15(19)13-9(14(8)18)5-3-7-11(13)17(20)21/h2-7,16H,1H3. The number of hydrogen-bond donors (Lipinski definition) is 1. The summed E-state index contributed by atoms with van der Waals surface area (Å²) in [5.74, 6) is -0.878. The summed E-state index contributed by atoms with van der Waals surface area (Å²) in [6.45, 7) is 0. The van der Waals surface area contributed by atoms with Crippen LogP contribution in [-0.4, -0.2) is 23.5 Å². The molecule has 0 saturated carbocycles. The van der Waals surface area contributed by atoms with E-state index < -0.39 is 10.7 Å². The summed E-state index contributed by atoms with van der Waals surface area (Å²) in [6.07, 6.45) is 0. The molecule has 0 aromatic heterocycles. The van der Waals surface area contributed by atoms with E-state index in [1.165, 1.54) is 18.2 Å². The number of carbonyl (C=O) groups excluding carboxylic acids is 2. The molecule has 0 unspecified atom stereocenters. The Morgan fingerprint density at radius 1 is 0.952 bits per heavy atom. The minimum absolute atomic E-state index is 0.0787. The fourth-order valence-electron chi connectivity index (χ4n) is 2.58. The van der Waals surface area contributed by atoms with Gasteiger partial charge >= 0.3 is 0 Å². The van der Waals surface area contributed by atoms with Gasteiger partial charge in [-0.25, -0.2) is 0 Å². The van der Waals surface area contributed by atoms with Crippen LogP contribution in [0, 0.1) is 10.1 Å². The van der Waals surface area contributed by atoms with E-state index >= 15 is 0 Å². The number of benzene rings is 2. The third-order valence-electron chi connectivity index (χ3n) is 3.52. The number of anilines is 1. The fraction of sp³-hybridized carbons (Fsp3) is 0.0667. The summed E-state index contributed by atoms with van der Waals surface area (Å²) in [4.78, 5) is 35.6. The van der Waals surface area contributed by atoms with E-state index in [1.807, 2.05) is 0 Å². The van der Waals surface area contributed by atoms with E-state index in [0.29, 0.717) is 5.69 Å². The molecule has 0 radical (unpaired) electrons. The molecule has 0 atom stereocenters. The molecule has 0 aliphatic heterocycles. The normalized spacial score (nSPS) is 12.6. The summed E-state index contributed by atoms with van der Waals surface area (Å²) < 4.78 is 0. The van der Waals surface area contributed by atoms with Crippen LogP contribution >= 0.6 is 0 Å². The third kappa shape index (κ3) is 1.73. The molecule has 0 saturated heterocycles. The first-order valence-corrected chi connectivity index (χ1v) is 6.24. The summed E-state index contributed by atoms with van der Waals surface area (Å²) in [5, 5.41) is 14.0. The summed E-state index contributed by atoms with van der Waals surface area (Å²) >= 11 is 0. The highest BCUT2D eigenvalue weighted by Gasteiger charge is 2.36. The van der Waals surface area contributed by atoms with Crippen LogP contribution in [0.3, 0.4) is 0 Å². The molecule has 0 spiro atoms. The first-order valence-electron chi connectivity index (χ1n) is 6.24. The Balaban J connectivity index is 2.37. The van der Waals surface area contributed by atoms with Gasteiger partial charge in [-0.3, -0.25) is 19.7 Å². The highest BCUT2D eigenvalue weighted by molar-refractivity contribution is 6.31. The number of hydrogen-bond acceptors (Lipinski definition) is 5. The van der Waals surface area contributed by atoms with Gasteiger partial charge in [-0.05, 0) is 12.1 Å². The Bertz CT molecular complexity index is 811. The van der Waals surface area contributed by atoms with Gasteiger partial charge in [-0.15, -0.1) is 0 Å². The SMILES string of the molecule is CNc1cccc2c1C(=O)c1c(cccc1[N+](=O)[O-])C2=O. The molecule has 2 aromatic rings. The van der Waals surface area contributed by atoms with Crippen LogP contribution in [0.25, 0.3) is 0 Å². The molecule has 104 valence electrons. The monoisotopic (exact) mass is 282 g/mol. The summed E-state index contributed by atoms with van der Waals surface area (Å²) in [5.41, 5.74) is 0.529. The van der Waals surface area contributed by atoms with Gasteiger partial charge in [0.2, 0.25) is 5.78 Å². The molecular weight excluding hydrogens is 272 g/mol. The second-order valence-electron chi connectivity index (χ2n) is 4.59. The second-order valence-corrected chi connectivity index (χ2v) is 4.59. The van der Waals surface area contributed by atoms with Crippen LogP contribution in [0.15, 0.2) is 36.4 Å². The summed E-state index contributed by atoms with van der Waals surface area (Å²) in [7, 11) is 1.63. The number of nitro benzene ring substituents is 1. The zero-order valence-electron chi connectivity index (χ0n) is 11.0. The second kappa shape index (κ2) is 4.52. The lowest BCUT2D eigenvalue weighted by atomic mass is 9.82. The number of nitro groups is 1. The molecule has 1 N–H and O–H groups in total. The van der Waals surface area contributed by atoms with Crippen molar-refractivity contribution in [2.24, 2.45) is 0 Å². The number of carbonyl (C=O) groups is 2. The maximum atomic E-state index is 12.7. The van der Waals surface area contributed by atoms with Crippen LogP contribution in [0.5, 0.6) is 0 Å². The number of fused-ring (bicyclic) bond motifs is 2.